The van der Waals surface area contributed by atoms with Gasteiger partial charge in [-0.25, -0.2) is 0 Å². The van der Waals surface area contributed by atoms with E-state index in [1.165, 1.54) is 0 Å². The molecule has 1 N–H and O–H groups in total. The van der Waals surface area contributed by atoms with E-state index >= 15 is 0 Å². The summed E-state index contributed by atoms with van der Waals surface area (Å²) in [4.78, 5) is 11.9. The Kier molecular flexibility index (Phi) is 8.12. The lowest BCUT2D eigenvalue weighted by Crippen LogP contribution is -2.51. The van der Waals surface area contributed by atoms with Crippen molar-refractivity contribution in [2.75, 3.05) is 19.8 Å². The summed E-state index contributed by atoms with van der Waals surface area (Å²) in [5, 5.41) is 3.01. The highest BCUT2D eigenvalue weighted by Crippen LogP contribution is 2.23. The second-order valence-electron chi connectivity index (χ2n) is 4.78. The average molecular weight is 299 g/mol. The second-order valence-corrected chi connectivity index (χ2v) is 4.78. The van der Waals surface area contributed by atoms with Crippen molar-refractivity contribution in [1.82, 2.24) is 5.32 Å². The van der Waals surface area contributed by atoms with Gasteiger partial charge >= 0.3 is 12.1 Å². The van der Waals surface area contributed by atoms with Gasteiger partial charge in [-0.1, -0.05) is 6.92 Å². The molecular formula is C13H24F3NO3. The van der Waals surface area contributed by atoms with Crippen molar-refractivity contribution in [3.05, 3.63) is 0 Å². The summed E-state index contributed by atoms with van der Waals surface area (Å²) in [6.45, 7) is 6.80. The van der Waals surface area contributed by atoms with Gasteiger partial charge in [-0.05, 0) is 40.2 Å². The molecule has 0 aliphatic heterocycles. The van der Waals surface area contributed by atoms with Crippen molar-refractivity contribution < 1.29 is 27.4 Å². The summed E-state index contributed by atoms with van der Waals surface area (Å²) in [6, 6.07) is 0. The first-order chi connectivity index (χ1) is 9.17. The van der Waals surface area contributed by atoms with Gasteiger partial charge in [-0.2, -0.15) is 13.2 Å². The number of ether oxygens (including phenoxy) is 2. The zero-order chi connectivity index (χ0) is 15.8. The lowest BCUT2D eigenvalue weighted by Gasteiger charge is -2.29. The van der Waals surface area contributed by atoms with Gasteiger partial charge < -0.3 is 14.8 Å². The van der Waals surface area contributed by atoms with Crippen molar-refractivity contribution in [2.45, 2.75) is 58.4 Å². The molecule has 0 radical (unpaired) electrons. The van der Waals surface area contributed by atoms with E-state index in [4.69, 9.17) is 9.47 Å². The molecular weight excluding hydrogens is 275 g/mol. The molecule has 0 rings (SSSR count). The van der Waals surface area contributed by atoms with E-state index in [9.17, 15) is 18.0 Å². The Hall–Kier alpha value is -0.820. The summed E-state index contributed by atoms with van der Waals surface area (Å²) in [5.74, 6) is -0.475. The Balaban J connectivity index is 4.47. The summed E-state index contributed by atoms with van der Waals surface area (Å²) in [6.07, 6.45) is -5.32. The van der Waals surface area contributed by atoms with Crippen LogP contribution in [0.2, 0.25) is 0 Å². The molecule has 2 unspecified atom stereocenters. The van der Waals surface area contributed by atoms with Crippen molar-refractivity contribution in [3.63, 3.8) is 0 Å². The van der Waals surface area contributed by atoms with E-state index in [0.717, 1.165) is 13.3 Å². The van der Waals surface area contributed by atoms with Gasteiger partial charge in [0.15, 0.2) is 6.10 Å². The molecule has 2 atom stereocenters. The minimum atomic E-state index is -4.39. The molecule has 0 fully saturated rings. The van der Waals surface area contributed by atoms with Crippen LogP contribution in [-0.2, 0) is 14.3 Å². The maximum absolute atomic E-state index is 12.3. The van der Waals surface area contributed by atoms with E-state index < -0.39 is 23.8 Å². The fourth-order valence-electron chi connectivity index (χ4n) is 1.49. The topological polar surface area (TPSA) is 47.6 Å². The Labute approximate surface area is 118 Å². The van der Waals surface area contributed by atoms with Crippen LogP contribution < -0.4 is 5.32 Å². The van der Waals surface area contributed by atoms with Crippen LogP contribution in [0.4, 0.5) is 13.2 Å². The maximum atomic E-state index is 12.3. The number of hydrogen-bond acceptors (Lipinski definition) is 4. The number of halogens is 3. The third-order valence-corrected chi connectivity index (χ3v) is 2.92. The van der Waals surface area contributed by atoms with Crippen LogP contribution in [-0.4, -0.2) is 43.5 Å². The highest BCUT2D eigenvalue weighted by molar-refractivity contribution is 5.80. The highest BCUT2D eigenvalue weighted by Gasteiger charge is 2.38. The van der Waals surface area contributed by atoms with Crippen molar-refractivity contribution in [3.8, 4) is 0 Å². The first-order valence-electron chi connectivity index (χ1n) is 6.78. The summed E-state index contributed by atoms with van der Waals surface area (Å²) < 4.78 is 46.6. The Morgan fingerprint density at radius 2 is 1.90 bits per heavy atom. The van der Waals surface area contributed by atoms with Gasteiger partial charge in [0.2, 0.25) is 0 Å². The molecule has 0 saturated carbocycles. The van der Waals surface area contributed by atoms with Crippen LogP contribution in [0.3, 0.4) is 0 Å². The van der Waals surface area contributed by atoms with Crippen LogP contribution in [0, 0.1) is 0 Å². The molecule has 0 saturated heterocycles. The van der Waals surface area contributed by atoms with Gasteiger partial charge in [0.25, 0.3) is 0 Å². The molecule has 0 aliphatic rings. The van der Waals surface area contributed by atoms with Crippen molar-refractivity contribution in [2.24, 2.45) is 0 Å². The number of carbonyl (C=O) groups excluding carboxylic acids is 1. The van der Waals surface area contributed by atoms with E-state index in [1.807, 2.05) is 6.92 Å². The Morgan fingerprint density at radius 3 is 2.35 bits per heavy atom. The smallest absolute Gasteiger partial charge is 0.414 e. The van der Waals surface area contributed by atoms with Gasteiger partial charge in [0, 0.05) is 6.61 Å². The van der Waals surface area contributed by atoms with E-state index in [1.54, 1.807) is 13.8 Å². The normalized spacial score (nSPS) is 16.6. The standard InChI is InChI=1S/C13H24F3NO3/c1-5-8-17-12(4,11(18)19-6-2)7-9-20-10(3)13(14,15)16/h10,17H,5-9H2,1-4H3. The van der Waals surface area contributed by atoms with Gasteiger partial charge in [0.1, 0.15) is 5.54 Å². The molecule has 0 bridgehead atoms. The van der Waals surface area contributed by atoms with Crippen LogP contribution in [0.25, 0.3) is 0 Å². The number of esters is 1. The minimum absolute atomic E-state index is 0.117. The summed E-state index contributed by atoms with van der Waals surface area (Å²) in [5.41, 5.74) is -1.03. The quantitative estimate of drug-likeness (QED) is 0.665. The molecule has 0 aromatic carbocycles. The lowest BCUT2D eigenvalue weighted by atomic mass is 9.98. The molecule has 20 heavy (non-hydrogen) atoms. The molecule has 0 aromatic heterocycles. The molecule has 4 nitrogen and oxygen atoms in total. The molecule has 0 aromatic rings. The summed E-state index contributed by atoms with van der Waals surface area (Å²) in [7, 11) is 0. The number of carbonyl (C=O) groups is 1. The summed E-state index contributed by atoms with van der Waals surface area (Å²) >= 11 is 0. The lowest BCUT2D eigenvalue weighted by molar-refractivity contribution is -0.215. The Morgan fingerprint density at radius 1 is 1.30 bits per heavy atom. The van der Waals surface area contributed by atoms with Crippen molar-refractivity contribution in [1.29, 1.82) is 0 Å². The van der Waals surface area contributed by atoms with Gasteiger partial charge in [-0.3, -0.25) is 4.79 Å². The van der Waals surface area contributed by atoms with Crippen LogP contribution >= 0.6 is 0 Å². The molecule has 0 heterocycles. The maximum Gasteiger partial charge on any atom is 0.414 e. The number of nitrogens with one attached hydrogen (secondary N) is 1. The third-order valence-electron chi connectivity index (χ3n) is 2.92. The largest absolute Gasteiger partial charge is 0.465 e. The fraction of sp³-hybridized carbons (Fsp3) is 0.923. The van der Waals surface area contributed by atoms with Crippen LogP contribution in [0.5, 0.6) is 0 Å². The van der Waals surface area contributed by atoms with Crippen LogP contribution in [0.1, 0.15) is 40.5 Å². The molecule has 0 amide bonds. The molecule has 0 spiro atoms. The molecule has 120 valence electrons. The number of rotatable bonds is 9. The number of alkyl halides is 3. The van der Waals surface area contributed by atoms with E-state index in [0.29, 0.717) is 6.54 Å². The van der Waals surface area contributed by atoms with Crippen LogP contribution in [0.15, 0.2) is 0 Å². The van der Waals surface area contributed by atoms with Crippen molar-refractivity contribution >= 4 is 5.97 Å². The predicted molar refractivity (Wildman–Crippen MR) is 69.4 cm³/mol. The molecule has 7 heteroatoms. The Bertz CT molecular complexity index is 297. The van der Waals surface area contributed by atoms with E-state index in [-0.39, 0.29) is 19.6 Å². The SMILES string of the molecule is CCCNC(C)(CCOC(C)C(F)(F)F)C(=O)OCC. The second kappa shape index (κ2) is 8.46. The molecule has 0 aliphatic carbocycles. The first kappa shape index (κ1) is 19.2. The fourth-order valence-corrected chi connectivity index (χ4v) is 1.49. The zero-order valence-corrected chi connectivity index (χ0v) is 12.5. The van der Waals surface area contributed by atoms with E-state index in [2.05, 4.69) is 5.32 Å². The monoisotopic (exact) mass is 299 g/mol. The first-order valence-corrected chi connectivity index (χ1v) is 6.78. The minimum Gasteiger partial charge on any atom is -0.465 e. The number of hydrogen-bond donors (Lipinski definition) is 1. The predicted octanol–water partition coefficient (Wildman–Crippen LogP) is 2.67. The average Bonchev–Trinajstić information content (AvgIpc) is 2.35. The van der Waals surface area contributed by atoms with Gasteiger partial charge in [0.05, 0.1) is 6.61 Å². The van der Waals surface area contributed by atoms with Gasteiger partial charge in [-0.15, -0.1) is 0 Å². The highest BCUT2D eigenvalue weighted by atomic mass is 19.4. The third kappa shape index (κ3) is 6.56. The zero-order valence-electron chi connectivity index (χ0n) is 12.5.